The van der Waals surface area contributed by atoms with E-state index in [0.29, 0.717) is 30.5 Å². The maximum absolute atomic E-state index is 13.5. The topological polar surface area (TPSA) is 50.4 Å². The lowest BCUT2D eigenvalue weighted by Gasteiger charge is -2.23. The Morgan fingerprint density at radius 3 is 2.05 bits per heavy atom. The van der Waals surface area contributed by atoms with E-state index in [1.54, 1.807) is 0 Å². The number of hydrogen-bond donors (Lipinski definition) is 2. The average Bonchev–Trinajstić information content (AvgIpc) is 3.24. The Bertz CT molecular complexity index is 1300. The molecule has 0 spiro atoms. The number of carbonyl (C=O) groups is 1. The predicted octanol–water partition coefficient (Wildman–Crippen LogP) is 7.02. The largest absolute Gasteiger partial charge is 0.487 e. The summed E-state index contributed by atoms with van der Waals surface area (Å²) in [6.45, 7) is 5.45. The van der Waals surface area contributed by atoms with Crippen LogP contribution in [0.25, 0.3) is 11.1 Å². The molecule has 5 rings (SSSR count). The Kier molecular flexibility index (Phi) is 7.67. The lowest BCUT2D eigenvalue weighted by molar-refractivity contribution is -0.118. The molecule has 37 heavy (non-hydrogen) atoms. The molecule has 4 aromatic carbocycles. The summed E-state index contributed by atoms with van der Waals surface area (Å²) in [5, 5.41) is 6.76. The number of amides is 1. The van der Waals surface area contributed by atoms with Gasteiger partial charge in [0.05, 0.1) is 11.7 Å². The van der Waals surface area contributed by atoms with E-state index >= 15 is 0 Å². The summed E-state index contributed by atoms with van der Waals surface area (Å²) in [6, 6.07) is 34.6. The fourth-order valence-electron chi connectivity index (χ4n) is 5.15. The van der Waals surface area contributed by atoms with Gasteiger partial charge < -0.3 is 15.4 Å². The highest BCUT2D eigenvalue weighted by atomic mass is 16.5. The predicted molar refractivity (Wildman–Crippen MR) is 151 cm³/mol. The average molecular weight is 491 g/mol. The minimum Gasteiger partial charge on any atom is -0.487 e. The van der Waals surface area contributed by atoms with Crippen molar-refractivity contribution in [2.24, 2.45) is 5.92 Å². The van der Waals surface area contributed by atoms with Crippen molar-refractivity contribution in [3.05, 3.63) is 120 Å². The van der Waals surface area contributed by atoms with Gasteiger partial charge in [-0.15, -0.1) is 0 Å². The van der Waals surface area contributed by atoms with Gasteiger partial charge in [0.1, 0.15) is 12.4 Å². The van der Waals surface area contributed by atoms with Crippen LogP contribution < -0.4 is 15.4 Å². The zero-order valence-corrected chi connectivity index (χ0v) is 21.5. The van der Waals surface area contributed by atoms with E-state index in [1.165, 1.54) is 22.3 Å². The third-order valence-corrected chi connectivity index (χ3v) is 6.94. The van der Waals surface area contributed by atoms with Crippen LogP contribution in [0.3, 0.4) is 0 Å². The van der Waals surface area contributed by atoms with Gasteiger partial charge in [0.15, 0.2) is 0 Å². The van der Waals surface area contributed by atoms with Crippen molar-refractivity contribution < 1.29 is 9.53 Å². The normalized spacial score (nSPS) is 13.2. The molecule has 1 aliphatic carbocycles. The second-order valence-electron chi connectivity index (χ2n) is 10.1. The first kappa shape index (κ1) is 24.8. The second kappa shape index (κ2) is 11.4. The van der Waals surface area contributed by atoms with Crippen molar-refractivity contribution in [3.63, 3.8) is 0 Å². The van der Waals surface area contributed by atoms with Crippen molar-refractivity contribution >= 4 is 11.6 Å². The highest BCUT2D eigenvalue weighted by molar-refractivity contribution is 5.96. The Hall–Kier alpha value is -3.89. The van der Waals surface area contributed by atoms with E-state index in [1.807, 2.05) is 54.6 Å². The van der Waals surface area contributed by atoms with E-state index < -0.39 is 0 Å². The summed E-state index contributed by atoms with van der Waals surface area (Å²) in [7, 11) is 0. The number of para-hydroxylation sites is 2. The summed E-state index contributed by atoms with van der Waals surface area (Å²) >= 11 is 0. The Morgan fingerprint density at radius 1 is 0.784 bits per heavy atom. The van der Waals surface area contributed by atoms with Crippen LogP contribution in [0.2, 0.25) is 0 Å². The standard InChI is InChI=1S/C33H34N2O2/c1-23(2)20-31(34-21-29-27-16-8-6-14-25(27)26-15-7-9-17-28(26)29)33(36)35-30-18-10-11-19-32(30)37-22-24-12-4-3-5-13-24/h3-19,23,29,31,34H,20-22H2,1-2H3,(H,35,36). The van der Waals surface area contributed by atoms with Crippen molar-refractivity contribution in [2.45, 2.75) is 38.8 Å². The second-order valence-corrected chi connectivity index (χ2v) is 10.1. The number of rotatable bonds is 10. The molecule has 2 N–H and O–H groups in total. The molecule has 1 aliphatic rings. The first-order valence-corrected chi connectivity index (χ1v) is 13.1. The summed E-state index contributed by atoms with van der Waals surface area (Å²) in [6.07, 6.45) is 0.745. The molecule has 4 heteroatoms. The highest BCUT2D eigenvalue weighted by Gasteiger charge is 2.29. The van der Waals surface area contributed by atoms with E-state index in [9.17, 15) is 4.79 Å². The van der Waals surface area contributed by atoms with Crippen molar-refractivity contribution in [3.8, 4) is 16.9 Å². The minimum atomic E-state index is -0.317. The van der Waals surface area contributed by atoms with Crippen LogP contribution in [0.4, 0.5) is 5.69 Å². The molecule has 0 radical (unpaired) electrons. The van der Waals surface area contributed by atoms with Gasteiger partial charge in [0.25, 0.3) is 0 Å². The van der Waals surface area contributed by atoms with Gasteiger partial charge in [0.2, 0.25) is 5.91 Å². The molecular weight excluding hydrogens is 456 g/mol. The zero-order chi connectivity index (χ0) is 25.6. The van der Waals surface area contributed by atoms with Crippen LogP contribution in [0.1, 0.15) is 42.9 Å². The van der Waals surface area contributed by atoms with Gasteiger partial charge in [-0.1, -0.05) is 105 Å². The molecule has 0 saturated carbocycles. The number of benzene rings is 4. The van der Waals surface area contributed by atoms with E-state index in [2.05, 4.69) is 73.0 Å². The van der Waals surface area contributed by atoms with Crippen molar-refractivity contribution in [2.75, 3.05) is 11.9 Å². The molecule has 0 aromatic heterocycles. The fraction of sp³-hybridized carbons (Fsp3) is 0.242. The van der Waals surface area contributed by atoms with Crippen LogP contribution >= 0.6 is 0 Å². The molecule has 4 aromatic rings. The van der Waals surface area contributed by atoms with E-state index in [0.717, 1.165) is 12.0 Å². The third-order valence-electron chi connectivity index (χ3n) is 6.94. The number of hydrogen-bond acceptors (Lipinski definition) is 3. The van der Waals surface area contributed by atoms with Gasteiger partial charge in [-0.25, -0.2) is 0 Å². The Morgan fingerprint density at radius 2 is 1.38 bits per heavy atom. The van der Waals surface area contributed by atoms with Crippen LogP contribution in [-0.4, -0.2) is 18.5 Å². The highest BCUT2D eigenvalue weighted by Crippen LogP contribution is 2.44. The van der Waals surface area contributed by atoms with Crippen LogP contribution in [0.15, 0.2) is 103 Å². The molecular formula is C33H34N2O2. The number of fused-ring (bicyclic) bond motifs is 3. The van der Waals surface area contributed by atoms with Gasteiger partial charge in [-0.05, 0) is 52.3 Å². The summed E-state index contributed by atoms with van der Waals surface area (Å²) < 4.78 is 6.07. The fourth-order valence-corrected chi connectivity index (χ4v) is 5.15. The number of ether oxygens (including phenoxy) is 1. The smallest absolute Gasteiger partial charge is 0.241 e. The third kappa shape index (κ3) is 5.76. The molecule has 0 bridgehead atoms. The molecule has 1 unspecified atom stereocenters. The molecule has 1 amide bonds. The maximum atomic E-state index is 13.5. The van der Waals surface area contributed by atoms with Crippen molar-refractivity contribution in [1.82, 2.24) is 5.32 Å². The maximum Gasteiger partial charge on any atom is 0.241 e. The van der Waals surface area contributed by atoms with E-state index in [4.69, 9.17) is 4.74 Å². The molecule has 0 heterocycles. The van der Waals surface area contributed by atoms with E-state index in [-0.39, 0.29) is 17.9 Å². The molecule has 0 fully saturated rings. The summed E-state index contributed by atoms with van der Waals surface area (Å²) in [5.41, 5.74) is 6.99. The lowest BCUT2D eigenvalue weighted by Crippen LogP contribution is -2.43. The molecule has 1 atom stereocenters. The Balaban J connectivity index is 1.30. The first-order chi connectivity index (χ1) is 18.1. The zero-order valence-electron chi connectivity index (χ0n) is 21.5. The van der Waals surface area contributed by atoms with Crippen LogP contribution in [-0.2, 0) is 11.4 Å². The Labute approximate surface area is 219 Å². The van der Waals surface area contributed by atoms with Gasteiger partial charge >= 0.3 is 0 Å². The van der Waals surface area contributed by atoms with Gasteiger partial charge in [0, 0.05) is 12.5 Å². The number of nitrogens with one attached hydrogen (secondary N) is 2. The molecule has 188 valence electrons. The van der Waals surface area contributed by atoms with Gasteiger partial charge in [-0.3, -0.25) is 4.79 Å². The van der Waals surface area contributed by atoms with Crippen LogP contribution in [0, 0.1) is 5.92 Å². The first-order valence-electron chi connectivity index (χ1n) is 13.1. The number of anilines is 1. The monoisotopic (exact) mass is 490 g/mol. The quantitative estimate of drug-likeness (QED) is 0.251. The molecule has 4 nitrogen and oxygen atoms in total. The van der Waals surface area contributed by atoms with Gasteiger partial charge in [-0.2, -0.15) is 0 Å². The minimum absolute atomic E-state index is 0.0379. The van der Waals surface area contributed by atoms with Crippen molar-refractivity contribution in [1.29, 1.82) is 0 Å². The number of carbonyl (C=O) groups excluding carboxylic acids is 1. The SMILES string of the molecule is CC(C)CC(NCC1c2ccccc2-c2ccccc21)C(=O)Nc1ccccc1OCc1ccccc1. The molecule has 0 saturated heterocycles. The summed E-state index contributed by atoms with van der Waals surface area (Å²) in [5.74, 6) is 1.22. The van der Waals surface area contributed by atoms with Crippen LogP contribution in [0.5, 0.6) is 5.75 Å². The lowest BCUT2D eigenvalue weighted by atomic mass is 9.95. The molecule has 0 aliphatic heterocycles. The summed E-state index contributed by atoms with van der Waals surface area (Å²) in [4.78, 5) is 13.5.